The molecule has 1 saturated heterocycles. The fourth-order valence-corrected chi connectivity index (χ4v) is 5.35. The van der Waals surface area contributed by atoms with Crippen LogP contribution in [0.1, 0.15) is 43.4 Å². The summed E-state index contributed by atoms with van der Waals surface area (Å²) in [5.41, 5.74) is 3.54. The minimum atomic E-state index is -3.63. The van der Waals surface area contributed by atoms with Crippen LogP contribution in [-0.4, -0.2) is 70.6 Å². The molecule has 9 nitrogen and oxygen atoms in total. The van der Waals surface area contributed by atoms with E-state index in [1.807, 2.05) is 24.0 Å². The summed E-state index contributed by atoms with van der Waals surface area (Å²) in [6.45, 7) is 7.55. The van der Waals surface area contributed by atoms with E-state index in [0.717, 1.165) is 35.1 Å². The lowest BCUT2D eigenvalue weighted by Crippen LogP contribution is -2.54. The fraction of sp³-hybridized carbons (Fsp3) is 0.444. The lowest BCUT2D eigenvalue weighted by Gasteiger charge is -2.41. The molecule has 10 heteroatoms. The molecule has 196 valence electrons. The maximum atomic E-state index is 12.6. The van der Waals surface area contributed by atoms with Gasteiger partial charge in [0.1, 0.15) is 11.9 Å². The van der Waals surface area contributed by atoms with E-state index in [1.165, 1.54) is 11.4 Å². The summed E-state index contributed by atoms with van der Waals surface area (Å²) in [5, 5.41) is 11.0. The normalized spacial score (nSPS) is 17.8. The van der Waals surface area contributed by atoms with Crippen LogP contribution in [0.15, 0.2) is 42.3 Å². The number of methoxy groups -OCH3 is 1. The van der Waals surface area contributed by atoms with Gasteiger partial charge in [-0.3, -0.25) is 9.10 Å². The number of hydrogen-bond acceptors (Lipinski definition) is 7. The number of ether oxygens (including phenoxy) is 1. The first-order chi connectivity index (χ1) is 17.7. The summed E-state index contributed by atoms with van der Waals surface area (Å²) in [6, 6.07) is 11.4. The largest absolute Gasteiger partial charge is 0.384 e. The zero-order chi connectivity index (χ0) is 26.7. The zero-order valence-corrected chi connectivity index (χ0v) is 22.4. The van der Waals surface area contributed by atoms with E-state index in [1.54, 1.807) is 25.3 Å². The van der Waals surface area contributed by atoms with Crippen molar-refractivity contribution in [3.8, 4) is 17.2 Å². The van der Waals surface area contributed by atoms with E-state index in [-0.39, 0.29) is 11.9 Å². The molecular formula is C27H33N5O4S. The Balaban J connectivity index is 1.67. The molecule has 37 heavy (non-hydrogen) atoms. The summed E-state index contributed by atoms with van der Waals surface area (Å²) >= 11 is 0. The maximum absolute atomic E-state index is 12.6. The minimum Gasteiger partial charge on any atom is -0.384 e. The van der Waals surface area contributed by atoms with Gasteiger partial charge in [-0.05, 0) is 43.5 Å². The van der Waals surface area contributed by atoms with E-state index < -0.39 is 10.0 Å². The van der Waals surface area contributed by atoms with E-state index in [4.69, 9.17) is 9.72 Å². The number of aromatic nitrogens is 1. The molecule has 1 amide bonds. The van der Waals surface area contributed by atoms with Gasteiger partial charge >= 0.3 is 0 Å². The molecule has 0 N–H and O–H groups in total. The number of benzene rings is 1. The van der Waals surface area contributed by atoms with Crippen LogP contribution < -0.4 is 9.21 Å². The highest BCUT2D eigenvalue weighted by Gasteiger charge is 2.33. The number of piperazine rings is 1. The van der Waals surface area contributed by atoms with Gasteiger partial charge < -0.3 is 14.5 Å². The Morgan fingerprint density at radius 2 is 2.08 bits per heavy atom. The highest BCUT2D eigenvalue weighted by Crippen LogP contribution is 2.45. The molecule has 1 aliphatic carbocycles. The Morgan fingerprint density at radius 1 is 1.32 bits per heavy atom. The van der Waals surface area contributed by atoms with E-state index >= 15 is 0 Å². The number of carbonyl (C=O) groups is 1. The second-order valence-electron chi connectivity index (χ2n) is 9.53. The molecule has 2 aromatic rings. The minimum absolute atomic E-state index is 0.0190. The number of pyridine rings is 1. The molecule has 2 fully saturated rings. The van der Waals surface area contributed by atoms with Crippen LogP contribution >= 0.6 is 0 Å². The molecule has 0 bridgehead atoms. The van der Waals surface area contributed by atoms with Crippen molar-refractivity contribution in [1.82, 2.24) is 9.88 Å². The van der Waals surface area contributed by atoms with Crippen LogP contribution in [0.25, 0.3) is 11.1 Å². The van der Waals surface area contributed by atoms with Gasteiger partial charge in [0.05, 0.1) is 30.0 Å². The second-order valence-corrected chi connectivity index (χ2v) is 11.4. The van der Waals surface area contributed by atoms with Crippen molar-refractivity contribution in [3.63, 3.8) is 0 Å². The number of anilines is 2. The van der Waals surface area contributed by atoms with Crippen LogP contribution in [0.4, 0.5) is 11.5 Å². The number of nitriles is 1. The quantitative estimate of drug-likeness (QED) is 0.495. The summed E-state index contributed by atoms with van der Waals surface area (Å²) in [6.07, 6.45) is 2.40. The number of amides is 1. The van der Waals surface area contributed by atoms with Crippen molar-refractivity contribution in [2.24, 2.45) is 0 Å². The molecule has 0 spiro atoms. The molecule has 1 aromatic heterocycles. The third kappa shape index (κ3) is 5.63. The Kier molecular flexibility index (Phi) is 7.85. The molecule has 4 rings (SSSR count). The summed E-state index contributed by atoms with van der Waals surface area (Å²) < 4.78 is 30.9. The van der Waals surface area contributed by atoms with Crippen LogP contribution in [0, 0.1) is 11.3 Å². The van der Waals surface area contributed by atoms with Gasteiger partial charge in [-0.25, -0.2) is 13.4 Å². The highest BCUT2D eigenvalue weighted by atomic mass is 32.2. The van der Waals surface area contributed by atoms with E-state index in [9.17, 15) is 18.5 Å². The number of nitrogens with zero attached hydrogens (tertiary/aromatic N) is 5. The molecule has 1 aliphatic heterocycles. The van der Waals surface area contributed by atoms with Crippen molar-refractivity contribution >= 4 is 27.4 Å². The lowest BCUT2D eigenvalue weighted by atomic mass is 9.98. The molecule has 0 radical (unpaired) electrons. The van der Waals surface area contributed by atoms with Crippen molar-refractivity contribution in [1.29, 1.82) is 5.26 Å². The first kappa shape index (κ1) is 26.6. The first-order valence-electron chi connectivity index (χ1n) is 12.4. The van der Waals surface area contributed by atoms with Crippen LogP contribution in [-0.2, 0) is 19.6 Å². The van der Waals surface area contributed by atoms with Gasteiger partial charge in [-0.15, -0.1) is 0 Å². The lowest BCUT2D eigenvalue weighted by molar-refractivity contribution is -0.134. The predicted octanol–water partition coefficient (Wildman–Crippen LogP) is 3.48. The van der Waals surface area contributed by atoms with Crippen molar-refractivity contribution in [2.75, 3.05) is 49.6 Å². The Morgan fingerprint density at radius 3 is 2.70 bits per heavy atom. The second kappa shape index (κ2) is 10.9. The predicted molar refractivity (Wildman–Crippen MR) is 144 cm³/mol. The van der Waals surface area contributed by atoms with Crippen molar-refractivity contribution < 1.29 is 17.9 Å². The SMILES string of the molecule is C=CS(=O)(=O)N(C)c1cccc(-c2cc(C#N)c(N3CCN(C(=O)CCOC)C(C)C3)nc2C2CC2)c1. The van der Waals surface area contributed by atoms with Gasteiger partial charge in [0.2, 0.25) is 5.91 Å². The average molecular weight is 524 g/mol. The first-order valence-corrected chi connectivity index (χ1v) is 13.9. The molecule has 1 atom stereocenters. The van der Waals surface area contributed by atoms with Crippen molar-refractivity contribution in [3.05, 3.63) is 53.6 Å². The summed E-state index contributed by atoms with van der Waals surface area (Å²) in [5.74, 6) is 1.01. The van der Waals surface area contributed by atoms with Crippen molar-refractivity contribution in [2.45, 2.75) is 38.1 Å². The Hall–Kier alpha value is -3.42. The Labute approximate surface area is 219 Å². The molecule has 1 saturated carbocycles. The number of sulfonamides is 1. The van der Waals surface area contributed by atoms with Gasteiger partial charge in [0.25, 0.3) is 10.0 Å². The van der Waals surface area contributed by atoms with Crippen LogP contribution in [0.2, 0.25) is 0 Å². The third-order valence-electron chi connectivity index (χ3n) is 7.00. The molecular weight excluding hydrogens is 490 g/mol. The molecule has 1 aromatic carbocycles. The van der Waals surface area contributed by atoms with Crippen LogP contribution in [0.3, 0.4) is 0 Å². The maximum Gasteiger partial charge on any atom is 0.256 e. The number of carbonyl (C=O) groups excluding carboxylic acids is 1. The number of hydrogen-bond donors (Lipinski definition) is 0. The van der Waals surface area contributed by atoms with Gasteiger partial charge in [0, 0.05) is 56.7 Å². The fourth-order valence-electron chi connectivity index (χ4n) is 4.72. The smallest absolute Gasteiger partial charge is 0.256 e. The van der Waals surface area contributed by atoms with Gasteiger partial charge in [0.15, 0.2) is 0 Å². The van der Waals surface area contributed by atoms with E-state index in [2.05, 4.69) is 17.5 Å². The molecule has 2 aliphatic rings. The molecule has 2 heterocycles. The van der Waals surface area contributed by atoms with Crippen LogP contribution in [0.5, 0.6) is 0 Å². The Bertz CT molecular complexity index is 1330. The van der Waals surface area contributed by atoms with Gasteiger partial charge in [-0.2, -0.15) is 5.26 Å². The summed E-state index contributed by atoms with van der Waals surface area (Å²) in [7, 11) is -0.559. The highest BCUT2D eigenvalue weighted by molar-refractivity contribution is 7.95. The number of rotatable bonds is 9. The third-order valence-corrected chi connectivity index (χ3v) is 8.39. The standard InChI is InChI=1S/C27H33N5O4S/c1-5-37(34,35)30(3)23-8-6-7-21(15-23)24-16-22(17-28)27(29-26(24)20-9-10-20)31-12-13-32(19(2)18-31)25(33)11-14-36-4/h5-8,15-16,19-20H,1,9-14,18H2,2-4H3. The monoisotopic (exact) mass is 523 g/mol. The van der Waals surface area contributed by atoms with Gasteiger partial charge in [-0.1, -0.05) is 18.7 Å². The van der Waals surface area contributed by atoms with E-state index in [0.29, 0.717) is 55.6 Å². The average Bonchev–Trinajstić information content (AvgIpc) is 3.76. The summed E-state index contributed by atoms with van der Waals surface area (Å²) in [4.78, 5) is 21.6. The molecule has 1 unspecified atom stereocenters. The zero-order valence-electron chi connectivity index (χ0n) is 21.6. The topological polar surface area (TPSA) is 107 Å².